The summed E-state index contributed by atoms with van der Waals surface area (Å²) in [5.74, 6) is 0.407. The Bertz CT molecular complexity index is 845. The number of amidine groups is 1. The molecular weight excluding hydrogens is 352 g/mol. The lowest BCUT2D eigenvalue weighted by atomic mass is 10.1. The largest absolute Gasteiger partial charge is 0.263 e. The fraction of sp³-hybridized carbons (Fsp3) is 0.133. The van der Waals surface area contributed by atoms with Gasteiger partial charge in [0.1, 0.15) is 5.84 Å². The number of fused-ring (bicyclic) bond motifs is 1. The fourth-order valence-corrected chi connectivity index (χ4v) is 3.89. The van der Waals surface area contributed by atoms with Crippen LogP contribution < -0.4 is 4.72 Å². The van der Waals surface area contributed by atoms with Gasteiger partial charge in [0.25, 0.3) is 10.0 Å². The number of aliphatic imine (C=N–C) groups is 1. The number of benzene rings is 2. The van der Waals surface area contributed by atoms with Gasteiger partial charge in [0.15, 0.2) is 0 Å². The number of hydrogen-bond acceptors (Lipinski definition) is 3. The predicted octanol–water partition coefficient (Wildman–Crippen LogP) is 3.00. The van der Waals surface area contributed by atoms with E-state index in [1.54, 1.807) is 24.3 Å². The lowest BCUT2D eigenvalue weighted by Crippen LogP contribution is -2.22. The fourth-order valence-electron chi connectivity index (χ4n) is 2.23. The number of sulfonamides is 1. The quantitative estimate of drug-likeness (QED) is 0.890. The van der Waals surface area contributed by atoms with Crippen LogP contribution in [0.25, 0.3) is 0 Å². The Balaban J connectivity index is 1.97. The number of halogens is 1. The molecule has 0 saturated heterocycles. The topological polar surface area (TPSA) is 58.5 Å². The minimum Gasteiger partial charge on any atom is -0.263 e. The number of nitrogens with one attached hydrogen (secondary N) is 1. The van der Waals surface area contributed by atoms with Crippen molar-refractivity contribution >= 4 is 31.8 Å². The molecule has 21 heavy (non-hydrogen) atoms. The lowest BCUT2D eigenvalue weighted by Gasteiger charge is -2.04. The van der Waals surface area contributed by atoms with E-state index in [9.17, 15) is 8.42 Å². The molecule has 0 amide bonds. The first-order valence-electron chi connectivity index (χ1n) is 6.39. The Morgan fingerprint density at radius 2 is 1.95 bits per heavy atom. The van der Waals surface area contributed by atoms with Crippen LogP contribution in [0.3, 0.4) is 0 Å². The van der Waals surface area contributed by atoms with Gasteiger partial charge in [0.05, 0.1) is 11.4 Å². The molecule has 2 aromatic rings. The highest BCUT2D eigenvalue weighted by Crippen LogP contribution is 2.23. The van der Waals surface area contributed by atoms with Crippen LogP contribution in [-0.2, 0) is 16.6 Å². The van der Waals surface area contributed by atoms with Crippen LogP contribution in [0.1, 0.15) is 16.7 Å². The smallest absolute Gasteiger partial charge is 0.263 e. The van der Waals surface area contributed by atoms with Crippen molar-refractivity contribution in [1.29, 1.82) is 0 Å². The molecular formula is C15H13BrN2O2S. The van der Waals surface area contributed by atoms with Crippen molar-refractivity contribution in [3.8, 4) is 0 Å². The van der Waals surface area contributed by atoms with E-state index in [1.807, 2.05) is 25.1 Å². The number of hydrogen-bond donors (Lipinski definition) is 1. The van der Waals surface area contributed by atoms with Crippen molar-refractivity contribution in [2.75, 3.05) is 0 Å². The van der Waals surface area contributed by atoms with Gasteiger partial charge in [0, 0.05) is 10.0 Å². The first kappa shape index (κ1) is 14.3. The predicted molar refractivity (Wildman–Crippen MR) is 85.9 cm³/mol. The molecule has 0 radical (unpaired) electrons. The van der Waals surface area contributed by atoms with Gasteiger partial charge < -0.3 is 0 Å². The zero-order valence-corrected chi connectivity index (χ0v) is 13.7. The summed E-state index contributed by atoms with van der Waals surface area (Å²) in [6.45, 7) is 2.44. The summed E-state index contributed by atoms with van der Waals surface area (Å²) in [5, 5.41) is 0. The standard InChI is InChI=1S/C15H13BrN2O2S/c1-10-6-7-12(16)8-11(10)9-17-15-13-4-2-3-5-14(13)21(19,20)18-15/h2-8H,9H2,1H3,(H,17,18). The van der Waals surface area contributed by atoms with Crippen LogP contribution in [0.5, 0.6) is 0 Å². The zero-order chi connectivity index (χ0) is 15.0. The van der Waals surface area contributed by atoms with E-state index in [0.717, 1.165) is 15.6 Å². The van der Waals surface area contributed by atoms with Crippen molar-refractivity contribution in [2.24, 2.45) is 4.99 Å². The second kappa shape index (κ2) is 5.27. The minimum absolute atomic E-state index is 0.287. The Labute approximate surface area is 132 Å². The Morgan fingerprint density at radius 3 is 2.76 bits per heavy atom. The molecule has 0 atom stereocenters. The van der Waals surface area contributed by atoms with Gasteiger partial charge in [-0.2, -0.15) is 0 Å². The Hall–Kier alpha value is -1.66. The van der Waals surface area contributed by atoms with Crippen LogP contribution in [0.2, 0.25) is 0 Å². The molecule has 1 heterocycles. The van der Waals surface area contributed by atoms with Crippen LogP contribution in [0.15, 0.2) is 56.8 Å². The van der Waals surface area contributed by atoms with Gasteiger partial charge >= 0.3 is 0 Å². The molecule has 0 saturated carbocycles. The summed E-state index contributed by atoms with van der Waals surface area (Å²) in [7, 11) is -3.47. The highest BCUT2D eigenvalue weighted by Gasteiger charge is 2.29. The van der Waals surface area contributed by atoms with E-state index >= 15 is 0 Å². The van der Waals surface area contributed by atoms with Gasteiger partial charge in [-0.15, -0.1) is 0 Å². The van der Waals surface area contributed by atoms with E-state index in [-0.39, 0.29) is 4.90 Å². The summed E-state index contributed by atoms with van der Waals surface area (Å²) in [6.07, 6.45) is 0. The van der Waals surface area contributed by atoms with Gasteiger partial charge in [-0.05, 0) is 42.3 Å². The maximum atomic E-state index is 12.0. The monoisotopic (exact) mass is 364 g/mol. The van der Waals surface area contributed by atoms with Gasteiger partial charge in [-0.3, -0.25) is 9.71 Å². The second-order valence-electron chi connectivity index (χ2n) is 4.84. The van der Waals surface area contributed by atoms with E-state index in [2.05, 4.69) is 25.6 Å². The minimum atomic E-state index is -3.47. The highest BCUT2D eigenvalue weighted by atomic mass is 79.9. The third-order valence-corrected chi connectivity index (χ3v) is 5.27. The summed E-state index contributed by atoms with van der Waals surface area (Å²) >= 11 is 3.43. The molecule has 1 aliphatic heterocycles. The molecule has 0 aromatic heterocycles. The van der Waals surface area contributed by atoms with E-state index in [1.165, 1.54) is 0 Å². The first-order chi connectivity index (χ1) is 9.97. The molecule has 1 aliphatic rings. The second-order valence-corrected chi connectivity index (χ2v) is 7.40. The summed E-state index contributed by atoms with van der Waals surface area (Å²) < 4.78 is 27.5. The third-order valence-electron chi connectivity index (χ3n) is 3.38. The molecule has 0 spiro atoms. The van der Waals surface area contributed by atoms with E-state index < -0.39 is 10.0 Å². The van der Waals surface area contributed by atoms with Crippen molar-refractivity contribution in [2.45, 2.75) is 18.4 Å². The molecule has 4 nitrogen and oxygen atoms in total. The molecule has 2 aromatic carbocycles. The summed E-state index contributed by atoms with van der Waals surface area (Å²) in [5.41, 5.74) is 2.81. The normalized spacial score (nSPS) is 17.5. The molecule has 108 valence electrons. The van der Waals surface area contributed by atoms with Gasteiger partial charge in [-0.25, -0.2) is 8.42 Å². The van der Waals surface area contributed by atoms with Crippen LogP contribution in [0, 0.1) is 6.92 Å². The molecule has 0 fully saturated rings. The van der Waals surface area contributed by atoms with E-state index in [0.29, 0.717) is 17.9 Å². The van der Waals surface area contributed by atoms with Crippen molar-refractivity contribution in [3.63, 3.8) is 0 Å². The van der Waals surface area contributed by atoms with Crippen molar-refractivity contribution in [1.82, 2.24) is 4.72 Å². The number of nitrogens with zero attached hydrogens (tertiary/aromatic N) is 1. The lowest BCUT2D eigenvalue weighted by molar-refractivity contribution is 0.595. The van der Waals surface area contributed by atoms with Gasteiger partial charge in [0.2, 0.25) is 0 Å². The number of rotatable bonds is 2. The molecule has 0 aliphatic carbocycles. The molecule has 0 bridgehead atoms. The first-order valence-corrected chi connectivity index (χ1v) is 8.67. The van der Waals surface area contributed by atoms with Crippen LogP contribution in [-0.4, -0.2) is 14.3 Å². The zero-order valence-electron chi connectivity index (χ0n) is 11.3. The van der Waals surface area contributed by atoms with Crippen molar-refractivity contribution < 1.29 is 8.42 Å². The Morgan fingerprint density at radius 1 is 1.19 bits per heavy atom. The SMILES string of the molecule is Cc1ccc(Br)cc1CN=C1NS(=O)(=O)c2ccccc21. The highest BCUT2D eigenvalue weighted by molar-refractivity contribution is 9.10. The number of aryl methyl sites for hydroxylation is 1. The maximum absolute atomic E-state index is 12.0. The average molecular weight is 365 g/mol. The van der Waals surface area contributed by atoms with Crippen molar-refractivity contribution in [3.05, 3.63) is 63.6 Å². The van der Waals surface area contributed by atoms with Crippen LogP contribution in [0.4, 0.5) is 0 Å². The molecule has 0 unspecified atom stereocenters. The average Bonchev–Trinajstić information content (AvgIpc) is 2.72. The molecule has 6 heteroatoms. The van der Waals surface area contributed by atoms with Crippen LogP contribution >= 0.6 is 15.9 Å². The van der Waals surface area contributed by atoms with Gasteiger partial charge in [-0.1, -0.05) is 34.1 Å². The summed E-state index contributed by atoms with van der Waals surface area (Å²) in [6, 6.07) is 12.8. The van der Waals surface area contributed by atoms with E-state index in [4.69, 9.17) is 0 Å². The third kappa shape index (κ3) is 2.73. The molecule has 3 rings (SSSR count). The maximum Gasteiger partial charge on any atom is 0.263 e. The molecule has 1 N–H and O–H groups in total. The summed E-state index contributed by atoms with van der Waals surface area (Å²) in [4.78, 5) is 4.72. The Kier molecular flexibility index (Phi) is 3.59.